The summed E-state index contributed by atoms with van der Waals surface area (Å²) in [6.45, 7) is 8.96. The Bertz CT molecular complexity index is 1050. The summed E-state index contributed by atoms with van der Waals surface area (Å²) in [5.41, 5.74) is 3.52. The Kier molecular flexibility index (Phi) is 5.50. The van der Waals surface area contributed by atoms with Gasteiger partial charge in [-0.3, -0.25) is 4.79 Å². The highest BCUT2D eigenvalue weighted by Crippen LogP contribution is 2.32. The lowest BCUT2D eigenvalue weighted by atomic mass is 10.0. The van der Waals surface area contributed by atoms with Gasteiger partial charge in [0.1, 0.15) is 5.75 Å². The van der Waals surface area contributed by atoms with Crippen LogP contribution in [0.2, 0.25) is 0 Å². The molecule has 30 heavy (non-hydrogen) atoms. The zero-order valence-corrected chi connectivity index (χ0v) is 18.4. The fraction of sp³-hybridized carbons (Fsp3) is 0.458. The number of nitrogens with zero attached hydrogens (tertiary/aromatic N) is 4. The first-order valence-corrected chi connectivity index (χ1v) is 10.7. The lowest BCUT2D eigenvalue weighted by Crippen LogP contribution is -2.33. The molecule has 0 atom stereocenters. The van der Waals surface area contributed by atoms with Crippen LogP contribution in [0.15, 0.2) is 36.5 Å². The minimum atomic E-state index is 0.0610. The van der Waals surface area contributed by atoms with E-state index in [9.17, 15) is 4.79 Å². The van der Waals surface area contributed by atoms with E-state index in [0.717, 1.165) is 40.9 Å². The van der Waals surface area contributed by atoms with Gasteiger partial charge in [0.25, 0.3) is 5.91 Å². The molecule has 0 radical (unpaired) electrons. The van der Waals surface area contributed by atoms with Crippen molar-refractivity contribution in [1.82, 2.24) is 19.7 Å². The SMILES string of the molecule is COc1ccc(CN(C(=O)c2cc(C(C)C)nc3c2cnn3C(C)C)C2CC2)cc1. The van der Waals surface area contributed by atoms with Gasteiger partial charge in [-0.1, -0.05) is 26.0 Å². The second kappa shape index (κ2) is 8.09. The van der Waals surface area contributed by atoms with Crippen molar-refractivity contribution in [3.63, 3.8) is 0 Å². The maximum Gasteiger partial charge on any atom is 0.255 e. The van der Waals surface area contributed by atoms with E-state index in [0.29, 0.717) is 18.2 Å². The minimum absolute atomic E-state index is 0.0610. The number of rotatable bonds is 7. The number of fused-ring (bicyclic) bond motifs is 1. The van der Waals surface area contributed by atoms with Gasteiger partial charge in [0.2, 0.25) is 0 Å². The second-order valence-electron chi connectivity index (χ2n) is 8.68. The number of methoxy groups -OCH3 is 1. The third-order valence-electron chi connectivity index (χ3n) is 5.66. The minimum Gasteiger partial charge on any atom is -0.497 e. The zero-order chi connectivity index (χ0) is 21.4. The van der Waals surface area contributed by atoms with Crippen molar-refractivity contribution < 1.29 is 9.53 Å². The van der Waals surface area contributed by atoms with Crippen molar-refractivity contribution >= 4 is 16.9 Å². The summed E-state index contributed by atoms with van der Waals surface area (Å²) in [6.07, 6.45) is 3.90. The number of amides is 1. The molecule has 1 aliphatic rings. The van der Waals surface area contributed by atoms with Crippen molar-refractivity contribution in [2.24, 2.45) is 0 Å². The number of hydrogen-bond donors (Lipinski definition) is 0. The van der Waals surface area contributed by atoms with Crippen molar-refractivity contribution in [3.8, 4) is 5.75 Å². The Morgan fingerprint density at radius 2 is 1.90 bits per heavy atom. The van der Waals surface area contributed by atoms with Gasteiger partial charge < -0.3 is 9.64 Å². The van der Waals surface area contributed by atoms with Crippen molar-refractivity contribution in [1.29, 1.82) is 0 Å². The number of benzene rings is 1. The van der Waals surface area contributed by atoms with E-state index in [1.807, 2.05) is 39.9 Å². The van der Waals surface area contributed by atoms with E-state index in [1.165, 1.54) is 0 Å². The summed E-state index contributed by atoms with van der Waals surface area (Å²) < 4.78 is 7.16. The third-order valence-corrected chi connectivity index (χ3v) is 5.66. The van der Waals surface area contributed by atoms with Gasteiger partial charge in [-0.2, -0.15) is 5.10 Å². The van der Waals surface area contributed by atoms with E-state index in [2.05, 4.69) is 32.8 Å². The standard InChI is InChI=1S/C24H30N4O2/c1-15(2)22-12-20(21-13-25-28(16(3)4)23(21)26-22)24(29)27(18-8-9-18)14-17-6-10-19(30-5)11-7-17/h6-7,10-13,15-16,18H,8-9,14H2,1-5H3. The largest absolute Gasteiger partial charge is 0.497 e. The van der Waals surface area contributed by atoms with Crippen molar-refractivity contribution in [2.75, 3.05) is 7.11 Å². The first kappa shape index (κ1) is 20.4. The molecule has 0 unspecified atom stereocenters. The maximum atomic E-state index is 13.8. The van der Waals surface area contributed by atoms with E-state index < -0.39 is 0 Å². The van der Waals surface area contributed by atoms with E-state index >= 15 is 0 Å². The molecule has 158 valence electrons. The molecule has 0 N–H and O–H groups in total. The molecule has 2 heterocycles. The van der Waals surface area contributed by atoms with E-state index in [1.54, 1.807) is 13.3 Å². The van der Waals surface area contributed by atoms with Crippen LogP contribution >= 0.6 is 0 Å². The Balaban J connectivity index is 1.74. The second-order valence-corrected chi connectivity index (χ2v) is 8.68. The Morgan fingerprint density at radius 1 is 1.20 bits per heavy atom. The predicted molar refractivity (Wildman–Crippen MR) is 118 cm³/mol. The summed E-state index contributed by atoms with van der Waals surface area (Å²) >= 11 is 0. The lowest BCUT2D eigenvalue weighted by molar-refractivity contribution is 0.0731. The number of carbonyl (C=O) groups is 1. The summed E-state index contributed by atoms with van der Waals surface area (Å²) in [5, 5.41) is 5.36. The number of ether oxygens (including phenoxy) is 1. The van der Waals surface area contributed by atoms with Gasteiger partial charge in [0.05, 0.1) is 24.3 Å². The van der Waals surface area contributed by atoms with Crippen molar-refractivity contribution in [2.45, 2.75) is 65.1 Å². The van der Waals surface area contributed by atoms with Crippen LogP contribution in [-0.2, 0) is 6.54 Å². The van der Waals surface area contributed by atoms with E-state index in [4.69, 9.17) is 9.72 Å². The van der Waals surface area contributed by atoms with Gasteiger partial charge in [-0.15, -0.1) is 0 Å². The highest BCUT2D eigenvalue weighted by atomic mass is 16.5. The predicted octanol–water partition coefficient (Wildman–Crippen LogP) is 4.95. The molecule has 3 aromatic rings. The van der Waals surface area contributed by atoms with Gasteiger partial charge in [-0.05, 0) is 56.4 Å². The van der Waals surface area contributed by atoms with Gasteiger partial charge >= 0.3 is 0 Å². The Hall–Kier alpha value is -2.89. The van der Waals surface area contributed by atoms with Crippen LogP contribution in [0.5, 0.6) is 5.75 Å². The summed E-state index contributed by atoms with van der Waals surface area (Å²) in [6, 6.07) is 10.4. The molecule has 6 nitrogen and oxygen atoms in total. The highest BCUT2D eigenvalue weighted by Gasteiger charge is 2.34. The molecular formula is C24H30N4O2. The average Bonchev–Trinajstić information content (AvgIpc) is 3.48. The Morgan fingerprint density at radius 3 is 2.47 bits per heavy atom. The lowest BCUT2D eigenvalue weighted by Gasteiger charge is -2.24. The summed E-state index contributed by atoms with van der Waals surface area (Å²) in [5.74, 6) is 1.11. The molecule has 4 rings (SSSR count). The smallest absolute Gasteiger partial charge is 0.255 e. The monoisotopic (exact) mass is 406 g/mol. The van der Waals surface area contributed by atoms with Gasteiger partial charge in [0, 0.05) is 24.3 Å². The molecule has 0 bridgehead atoms. The van der Waals surface area contributed by atoms with Crippen LogP contribution in [0.25, 0.3) is 11.0 Å². The fourth-order valence-corrected chi connectivity index (χ4v) is 3.72. The maximum absolute atomic E-state index is 13.8. The molecular weight excluding hydrogens is 376 g/mol. The van der Waals surface area contributed by atoms with Crippen LogP contribution in [0, 0.1) is 0 Å². The molecule has 0 spiro atoms. The van der Waals surface area contributed by atoms with Crippen molar-refractivity contribution in [3.05, 3.63) is 53.3 Å². The molecule has 0 saturated heterocycles. The van der Waals surface area contributed by atoms with Crippen LogP contribution in [-0.4, -0.2) is 38.7 Å². The van der Waals surface area contributed by atoms with Gasteiger partial charge in [-0.25, -0.2) is 9.67 Å². The zero-order valence-electron chi connectivity index (χ0n) is 18.4. The van der Waals surface area contributed by atoms with Crippen LogP contribution in [0.4, 0.5) is 0 Å². The molecule has 1 aromatic carbocycles. The summed E-state index contributed by atoms with van der Waals surface area (Å²) in [7, 11) is 1.66. The number of hydrogen-bond acceptors (Lipinski definition) is 4. The molecule has 1 aliphatic carbocycles. The quantitative estimate of drug-likeness (QED) is 0.557. The Labute approximate surface area is 177 Å². The molecule has 1 amide bonds. The van der Waals surface area contributed by atoms with Crippen LogP contribution in [0.1, 0.15) is 74.1 Å². The van der Waals surface area contributed by atoms with E-state index in [-0.39, 0.29) is 17.9 Å². The average molecular weight is 407 g/mol. The number of pyridine rings is 1. The number of carbonyl (C=O) groups excluding carboxylic acids is 1. The van der Waals surface area contributed by atoms with Gasteiger partial charge in [0.15, 0.2) is 5.65 Å². The number of aromatic nitrogens is 3. The molecule has 6 heteroatoms. The molecule has 0 aliphatic heterocycles. The van der Waals surface area contributed by atoms with Crippen LogP contribution < -0.4 is 4.74 Å². The molecule has 2 aromatic heterocycles. The molecule has 1 saturated carbocycles. The highest BCUT2D eigenvalue weighted by molar-refractivity contribution is 6.05. The summed E-state index contributed by atoms with van der Waals surface area (Å²) in [4.78, 5) is 20.6. The topological polar surface area (TPSA) is 60.2 Å². The normalized spacial score (nSPS) is 14.0. The molecule has 1 fully saturated rings. The first-order valence-electron chi connectivity index (χ1n) is 10.7. The third kappa shape index (κ3) is 3.91. The fourth-order valence-electron chi connectivity index (χ4n) is 3.72. The van der Waals surface area contributed by atoms with Crippen LogP contribution in [0.3, 0.4) is 0 Å². The first-order chi connectivity index (χ1) is 14.4.